The van der Waals surface area contributed by atoms with Crippen LogP contribution in [-0.2, 0) is 4.79 Å². The van der Waals surface area contributed by atoms with Crippen LogP contribution in [0.2, 0.25) is 0 Å². The molecule has 0 atom stereocenters. The van der Waals surface area contributed by atoms with Gasteiger partial charge in [-0.3, -0.25) is 14.9 Å². The molecule has 1 fully saturated rings. The first-order valence-electron chi connectivity index (χ1n) is 6.64. The van der Waals surface area contributed by atoms with Crippen molar-refractivity contribution in [2.24, 2.45) is 11.7 Å². The highest BCUT2D eigenvalue weighted by Crippen LogP contribution is 2.29. The van der Waals surface area contributed by atoms with Gasteiger partial charge in [-0.25, -0.2) is 4.98 Å². The van der Waals surface area contributed by atoms with Crippen LogP contribution in [0.5, 0.6) is 0 Å². The summed E-state index contributed by atoms with van der Waals surface area (Å²) >= 11 is 0. The summed E-state index contributed by atoms with van der Waals surface area (Å²) in [4.78, 5) is 25.8. The number of aryl methyl sites for hydroxylation is 1. The molecule has 7 nitrogen and oxygen atoms in total. The standard InChI is InChI=1S/C13H18N4O3/c1-8-6-11(17(19)20)13(15-7-8)16-10-4-2-9(3-5-10)12(14)18/h6-7,9-10H,2-5H2,1H3,(H2,14,18)(H,15,16). The van der Waals surface area contributed by atoms with Gasteiger partial charge in [-0.2, -0.15) is 0 Å². The average molecular weight is 278 g/mol. The third-order valence-corrected chi connectivity index (χ3v) is 3.67. The molecule has 0 radical (unpaired) electrons. The fraction of sp³-hybridized carbons (Fsp3) is 0.538. The Morgan fingerprint density at radius 3 is 2.65 bits per heavy atom. The lowest BCUT2D eigenvalue weighted by Gasteiger charge is -2.27. The molecule has 108 valence electrons. The van der Waals surface area contributed by atoms with Crippen LogP contribution in [0.1, 0.15) is 31.2 Å². The predicted molar refractivity (Wildman–Crippen MR) is 74.2 cm³/mol. The molecule has 1 heterocycles. The van der Waals surface area contributed by atoms with E-state index in [2.05, 4.69) is 10.3 Å². The number of hydrogen-bond acceptors (Lipinski definition) is 5. The Kier molecular flexibility index (Phi) is 4.16. The first kappa shape index (κ1) is 14.2. The van der Waals surface area contributed by atoms with Crippen molar-refractivity contribution in [3.05, 3.63) is 27.9 Å². The smallest absolute Gasteiger partial charge is 0.311 e. The molecule has 20 heavy (non-hydrogen) atoms. The monoisotopic (exact) mass is 278 g/mol. The molecule has 0 bridgehead atoms. The molecule has 1 aliphatic rings. The van der Waals surface area contributed by atoms with E-state index in [0.29, 0.717) is 18.7 Å². The number of carbonyl (C=O) groups excluding carboxylic acids is 1. The quantitative estimate of drug-likeness (QED) is 0.643. The zero-order valence-electron chi connectivity index (χ0n) is 11.3. The second kappa shape index (κ2) is 5.85. The number of rotatable bonds is 4. The van der Waals surface area contributed by atoms with Gasteiger partial charge in [-0.1, -0.05) is 0 Å². The maximum absolute atomic E-state index is 11.1. The van der Waals surface area contributed by atoms with Crippen LogP contribution < -0.4 is 11.1 Å². The third kappa shape index (κ3) is 3.23. The Morgan fingerprint density at radius 2 is 2.10 bits per heavy atom. The van der Waals surface area contributed by atoms with Crippen molar-refractivity contribution in [1.29, 1.82) is 0 Å². The Balaban J connectivity index is 2.04. The number of primary amides is 1. The molecule has 0 aliphatic heterocycles. The maximum Gasteiger partial charge on any atom is 0.311 e. The van der Waals surface area contributed by atoms with Gasteiger partial charge in [-0.05, 0) is 38.2 Å². The van der Waals surface area contributed by atoms with Gasteiger partial charge in [0.25, 0.3) is 0 Å². The van der Waals surface area contributed by atoms with E-state index >= 15 is 0 Å². The van der Waals surface area contributed by atoms with Crippen molar-refractivity contribution in [3.63, 3.8) is 0 Å². The lowest BCUT2D eigenvalue weighted by Crippen LogP contribution is -2.32. The summed E-state index contributed by atoms with van der Waals surface area (Å²) in [6.07, 6.45) is 4.56. The summed E-state index contributed by atoms with van der Waals surface area (Å²) in [5.74, 6) is -0.0416. The van der Waals surface area contributed by atoms with Gasteiger partial charge in [0.15, 0.2) is 0 Å². The van der Waals surface area contributed by atoms with Crippen molar-refractivity contribution in [2.75, 3.05) is 5.32 Å². The highest BCUT2D eigenvalue weighted by atomic mass is 16.6. The summed E-state index contributed by atoms with van der Waals surface area (Å²) in [7, 11) is 0. The number of hydrogen-bond donors (Lipinski definition) is 2. The summed E-state index contributed by atoms with van der Waals surface area (Å²) in [6.45, 7) is 1.77. The molecule has 3 N–H and O–H groups in total. The Labute approximate surface area is 116 Å². The molecule has 1 aromatic heterocycles. The highest BCUT2D eigenvalue weighted by molar-refractivity contribution is 5.76. The minimum absolute atomic E-state index is 0.0120. The fourth-order valence-electron chi connectivity index (χ4n) is 2.52. The van der Waals surface area contributed by atoms with Crippen LogP contribution in [0.3, 0.4) is 0 Å². The van der Waals surface area contributed by atoms with Crippen LogP contribution in [0.15, 0.2) is 12.3 Å². The van der Waals surface area contributed by atoms with Gasteiger partial charge in [0, 0.05) is 24.2 Å². The number of carbonyl (C=O) groups is 1. The first-order chi connectivity index (χ1) is 9.47. The van der Waals surface area contributed by atoms with Crippen LogP contribution >= 0.6 is 0 Å². The van der Waals surface area contributed by atoms with E-state index in [9.17, 15) is 14.9 Å². The molecular weight excluding hydrogens is 260 g/mol. The Bertz CT molecular complexity index is 524. The SMILES string of the molecule is Cc1cnc(NC2CCC(C(N)=O)CC2)c([N+](=O)[O-])c1. The average Bonchev–Trinajstić information content (AvgIpc) is 2.41. The minimum Gasteiger partial charge on any atom is -0.369 e. The minimum atomic E-state index is -0.433. The largest absolute Gasteiger partial charge is 0.369 e. The van der Waals surface area contributed by atoms with Crippen LogP contribution in [0.4, 0.5) is 11.5 Å². The summed E-state index contributed by atoms with van der Waals surface area (Å²) in [6, 6.07) is 1.60. The van der Waals surface area contributed by atoms with E-state index in [4.69, 9.17) is 5.73 Å². The molecule has 1 aromatic rings. The zero-order chi connectivity index (χ0) is 14.7. The van der Waals surface area contributed by atoms with Gasteiger partial charge >= 0.3 is 5.69 Å². The molecule has 1 saturated carbocycles. The number of nitrogens with zero attached hydrogens (tertiary/aromatic N) is 2. The molecule has 7 heteroatoms. The number of nitrogens with one attached hydrogen (secondary N) is 1. The zero-order valence-corrected chi connectivity index (χ0v) is 11.3. The van der Waals surface area contributed by atoms with Crippen molar-refractivity contribution >= 4 is 17.4 Å². The molecule has 0 aromatic carbocycles. The molecular formula is C13H18N4O3. The number of nitrogens with two attached hydrogens (primary N) is 1. The Morgan fingerprint density at radius 1 is 1.45 bits per heavy atom. The van der Waals surface area contributed by atoms with Gasteiger partial charge in [0.1, 0.15) is 0 Å². The second-order valence-electron chi connectivity index (χ2n) is 5.23. The van der Waals surface area contributed by atoms with Crippen LogP contribution in [-0.4, -0.2) is 21.9 Å². The number of pyridine rings is 1. The normalized spacial score (nSPS) is 22.2. The van der Waals surface area contributed by atoms with E-state index in [1.807, 2.05) is 0 Å². The molecule has 1 aliphatic carbocycles. The highest BCUT2D eigenvalue weighted by Gasteiger charge is 2.26. The van der Waals surface area contributed by atoms with E-state index in [1.54, 1.807) is 13.1 Å². The van der Waals surface area contributed by atoms with Crippen molar-refractivity contribution in [3.8, 4) is 0 Å². The number of nitro groups is 1. The predicted octanol–water partition coefficient (Wildman–Crippen LogP) is 1.75. The van der Waals surface area contributed by atoms with E-state index in [-0.39, 0.29) is 23.6 Å². The van der Waals surface area contributed by atoms with Crippen molar-refractivity contribution in [1.82, 2.24) is 4.98 Å². The van der Waals surface area contributed by atoms with Crippen LogP contribution in [0.25, 0.3) is 0 Å². The van der Waals surface area contributed by atoms with Crippen molar-refractivity contribution in [2.45, 2.75) is 38.6 Å². The van der Waals surface area contributed by atoms with Crippen molar-refractivity contribution < 1.29 is 9.72 Å². The lowest BCUT2D eigenvalue weighted by atomic mass is 9.85. The summed E-state index contributed by atoms with van der Waals surface area (Å²) in [5, 5.41) is 14.1. The van der Waals surface area contributed by atoms with Gasteiger partial charge in [0.05, 0.1) is 4.92 Å². The van der Waals surface area contributed by atoms with Gasteiger partial charge in [0.2, 0.25) is 11.7 Å². The van der Waals surface area contributed by atoms with E-state index in [1.165, 1.54) is 6.07 Å². The second-order valence-corrected chi connectivity index (χ2v) is 5.23. The first-order valence-corrected chi connectivity index (χ1v) is 6.64. The molecule has 0 spiro atoms. The molecule has 0 saturated heterocycles. The number of aromatic nitrogens is 1. The Hall–Kier alpha value is -2.18. The number of anilines is 1. The number of amides is 1. The van der Waals surface area contributed by atoms with Gasteiger partial charge < -0.3 is 11.1 Å². The molecule has 1 amide bonds. The lowest BCUT2D eigenvalue weighted by molar-refractivity contribution is -0.384. The molecule has 0 unspecified atom stereocenters. The summed E-state index contributed by atoms with van der Waals surface area (Å²) < 4.78 is 0. The summed E-state index contributed by atoms with van der Waals surface area (Å²) in [5.41, 5.74) is 6.02. The topological polar surface area (TPSA) is 111 Å². The van der Waals surface area contributed by atoms with E-state index < -0.39 is 4.92 Å². The molecule has 2 rings (SSSR count). The van der Waals surface area contributed by atoms with Gasteiger partial charge in [-0.15, -0.1) is 0 Å². The third-order valence-electron chi connectivity index (χ3n) is 3.67. The maximum atomic E-state index is 11.1. The van der Waals surface area contributed by atoms with E-state index in [0.717, 1.165) is 18.4 Å². The fourth-order valence-corrected chi connectivity index (χ4v) is 2.52. The van der Waals surface area contributed by atoms with Crippen LogP contribution in [0, 0.1) is 23.0 Å².